The fraction of sp³-hybridized carbons (Fsp3) is 0.471. The Morgan fingerprint density at radius 1 is 1.15 bits per heavy atom. The predicted molar refractivity (Wildman–Crippen MR) is 83.6 cm³/mol. The van der Waals surface area contributed by atoms with E-state index in [0.717, 1.165) is 23.3 Å². The standard InChI is InChI=1S/C17H24N2O/c1-11(2)12-6-8-13(9-7-12)15-14(10-17(3,4)5)20-19-16(15)18/h6-9,11H,10H2,1-5H3,(H2,18,19). The van der Waals surface area contributed by atoms with Gasteiger partial charge in [0.2, 0.25) is 0 Å². The number of anilines is 1. The molecule has 0 aliphatic carbocycles. The lowest BCUT2D eigenvalue weighted by Crippen LogP contribution is -2.09. The second kappa shape index (κ2) is 5.31. The van der Waals surface area contributed by atoms with E-state index in [9.17, 15) is 0 Å². The van der Waals surface area contributed by atoms with E-state index in [1.54, 1.807) is 0 Å². The summed E-state index contributed by atoms with van der Waals surface area (Å²) in [6.07, 6.45) is 0.818. The van der Waals surface area contributed by atoms with E-state index in [4.69, 9.17) is 10.3 Å². The molecular formula is C17H24N2O. The van der Waals surface area contributed by atoms with Crippen molar-refractivity contribution in [2.45, 2.75) is 47.0 Å². The highest BCUT2D eigenvalue weighted by Gasteiger charge is 2.21. The van der Waals surface area contributed by atoms with Crippen molar-refractivity contribution in [1.29, 1.82) is 0 Å². The molecule has 0 saturated heterocycles. The monoisotopic (exact) mass is 272 g/mol. The van der Waals surface area contributed by atoms with E-state index < -0.39 is 0 Å². The summed E-state index contributed by atoms with van der Waals surface area (Å²) < 4.78 is 5.43. The number of hydrogen-bond donors (Lipinski definition) is 1. The molecule has 0 fully saturated rings. The molecule has 0 spiro atoms. The van der Waals surface area contributed by atoms with Crippen LogP contribution in [0.3, 0.4) is 0 Å². The van der Waals surface area contributed by atoms with Crippen LogP contribution in [0.15, 0.2) is 28.8 Å². The van der Waals surface area contributed by atoms with Crippen molar-refractivity contribution in [3.63, 3.8) is 0 Å². The van der Waals surface area contributed by atoms with Gasteiger partial charge in [-0.15, -0.1) is 0 Å². The summed E-state index contributed by atoms with van der Waals surface area (Å²) in [4.78, 5) is 0. The van der Waals surface area contributed by atoms with Gasteiger partial charge in [0.15, 0.2) is 5.82 Å². The van der Waals surface area contributed by atoms with Crippen LogP contribution in [0.4, 0.5) is 5.82 Å². The number of nitrogens with two attached hydrogens (primary N) is 1. The maximum Gasteiger partial charge on any atom is 0.175 e. The van der Waals surface area contributed by atoms with Gasteiger partial charge in [0.05, 0.1) is 5.56 Å². The van der Waals surface area contributed by atoms with E-state index >= 15 is 0 Å². The molecule has 0 amide bonds. The molecule has 0 saturated carbocycles. The first-order valence-electron chi connectivity index (χ1n) is 7.12. The molecule has 3 nitrogen and oxygen atoms in total. The molecule has 1 aromatic heterocycles. The Balaban J connectivity index is 2.39. The Morgan fingerprint density at radius 3 is 2.25 bits per heavy atom. The highest BCUT2D eigenvalue weighted by Crippen LogP contribution is 2.34. The second-order valence-corrected chi connectivity index (χ2v) is 6.88. The van der Waals surface area contributed by atoms with Gasteiger partial charge in [0.1, 0.15) is 5.76 Å². The average molecular weight is 272 g/mol. The van der Waals surface area contributed by atoms with Crippen LogP contribution in [0.1, 0.15) is 51.9 Å². The van der Waals surface area contributed by atoms with Crippen LogP contribution in [0.25, 0.3) is 11.1 Å². The molecular weight excluding hydrogens is 248 g/mol. The van der Waals surface area contributed by atoms with Crippen molar-refractivity contribution in [2.75, 3.05) is 5.73 Å². The van der Waals surface area contributed by atoms with E-state index in [1.165, 1.54) is 5.56 Å². The number of benzene rings is 1. The van der Waals surface area contributed by atoms with Crippen LogP contribution < -0.4 is 5.73 Å². The second-order valence-electron chi connectivity index (χ2n) is 6.88. The minimum absolute atomic E-state index is 0.137. The van der Waals surface area contributed by atoms with Crippen molar-refractivity contribution in [2.24, 2.45) is 5.41 Å². The highest BCUT2D eigenvalue weighted by atomic mass is 16.5. The van der Waals surface area contributed by atoms with Gasteiger partial charge in [-0.3, -0.25) is 0 Å². The van der Waals surface area contributed by atoms with Crippen LogP contribution in [0.2, 0.25) is 0 Å². The SMILES string of the molecule is CC(C)c1ccc(-c2c(N)noc2CC(C)(C)C)cc1. The fourth-order valence-electron chi connectivity index (χ4n) is 2.28. The zero-order valence-electron chi connectivity index (χ0n) is 13.0. The first-order valence-corrected chi connectivity index (χ1v) is 7.12. The van der Waals surface area contributed by atoms with Gasteiger partial charge in [-0.2, -0.15) is 0 Å². The van der Waals surface area contributed by atoms with Crippen LogP contribution in [-0.4, -0.2) is 5.16 Å². The van der Waals surface area contributed by atoms with E-state index in [0.29, 0.717) is 11.7 Å². The van der Waals surface area contributed by atoms with Crippen molar-refractivity contribution in [3.8, 4) is 11.1 Å². The Labute approximate surface area is 121 Å². The van der Waals surface area contributed by atoms with Crippen LogP contribution >= 0.6 is 0 Å². The predicted octanol–water partition coefficient (Wildman–Crippen LogP) is 4.64. The van der Waals surface area contributed by atoms with Crippen molar-refractivity contribution < 1.29 is 4.52 Å². The summed E-state index contributed by atoms with van der Waals surface area (Å²) in [6.45, 7) is 10.9. The maximum atomic E-state index is 5.99. The normalized spacial score (nSPS) is 12.1. The summed E-state index contributed by atoms with van der Waals surface area (Å²) in [5.74, 6) is 1.87. The summed E-state index contributed by atoms with van der Waals surface area (Å²) in [5.41, 5.74) is 9.46. The van der Waals surface area contributed by atoms with E-state index in [-0.39, 0.29) is 5.41 Å². The van der Waals surface area contributed by atoms with Gasteiger partial charge in [0.25, 0.3) is 0 Å². The topological polar surface area (TPSA) is 52.0 Å². The minimum Gasteiger partial charge on any atom is -0.380 e. The van der Waals surface area contributed by atoms with Gasteiger partial charge >= 0.3 is 0 Å². The number of nitrogen functional groups attached to an aromatic ring is 1. The molecule has 0 aliphatic rings. The Morgan fingerprint density at radius 2 is 1.75 bits per heavy atom. The quantitative estimate of drug-likeness (QED) is 0.885. The van der Waals surface area contributed by atoms with Crippen molar-refractivity contribution in [3.05, 3.63) is 35.6 Å². The van der Waals surface area contributed by atoms with Crippen LogP contribution in [-0.2, 0) is 6.42 Å². The molecule has 20 heavy (non-hydrogen) atoms. The zero-order valence-corrected chi connectivity index (χ0v) is 13.0. The number of hydrogen-bond acceptors (Lipinski definition) is 3. The maximum absolute atomic E-state index is 5.99. The largest absolute Gasteiger partial charge is 0.380 e. The third-order valence-corrected chi connectivity index (χ3v) is 3.35. The average Bonchev–Trinajstić information content (AvgIpc) is 2.68. The summed E-state index contributed by atoms with van der Waals surface area (Å²) >= 11 is 0. The Bertz CT molecular complexity index is 574. The lowest BCUT2D eigenvalue weighted by Gasteiger charge is -2.16. The molecule has 0 unspecified atom stereocenters. The molecule has 0 radical (unpaired) electrons. The number of aromatic nitrogens is 1. The van der Waals surface area contributed by atoms with Crippen molar-refractivity contribution >= 4 is 5.82 Å². The molecule has 1 aromatic carbocycles. The minimum atomic E-state index is 0.137. The van der Waals surface area contributed by atoms with Gasteiger partial charge in [0, 0.05) is 6.42 Å². The lowest BCUT2D eigenvalue weighted by molar-refractivity contribution is 0.322. The van der Waals surface area contributed by atoms with Gasteiger partial charge in [-0.1, -0.05) is 64.0 Å². The molecule has 2 rings (SSSR count). The van der Waals surface area contributed by atoms with Gasteiger partial charge in [-0.05, 0) is 22.5 Å². The Kier molecular flexibility index (Phi) is 3.89. The molecule has 3 heteroatoms. The summed E-state index contributed by atoms with van der Waals surface area (Å²) in [6, 6.07) is 8.50. The summed E-state index contributed by atoms with van der Waals surface area (Å²) in [5, 5.41) is 3.94. The first-order chi connectivity index (χ1) is 9.28. The lowest BCUT2D eigenvalue weighted by atomic mass is 9.88. The van der Waals surface area contributed by atoms with Crippen molar-refractivity contribution in [1.82, 2.24) is 5.16 Å². The number of rotatable bonds is 3. The molecule has 0 aliphatic heterocycles. The highest BCUT2D eigenvalue weighted by molar-refractivity contribution is 5.75. The summed E-state index contributed by atoms with van der Waals surface area (Å²) in [7, 11) is 0. The molecule has 0 bridgehead atoms. The molecule has 0 atom stereocenters. The first kappa shape index (κ1) is 14.6. The molecule has 108 valence electrons. The number of nitrogens with zero attached hydrogens (tertiary/aromatic N) is 1. The molecule has 2 aromatic rings. The molecule has 1 heterocycles. The van der Waals surface area contributed by atoms with Crippen LogP contribution in [0.5, 0.6) is 0 Å². The van der Waals surface area contributed by atoms with E-state index in [1.807, 2.05) is 0 Å². The third-order valence-electron chi connectivity index (χ3n) is 3.35. The van der Waals surface area contributed by atoms with Crippen LogP contribution in [0, 0.1) is 5.41 Å². The smallest absolute Gasteiger partial charge is 0.175 e. The fourth-order valence-corrected chi connectivity index (χ4v) is 2.28. The Hall–Kier alpha value is -1.77. The van der Waals surface area contributed by atoms with E-state index in [2.05, 4.69) is 64.0 Å². The zero-order chi connectivity index (χ0) is 14.9. The van der Waals surface area contributed by atoms with Gasteiger partial charge in [-0.25, -0.2) is 0 Å². The van der Waals surface area contributed by atoms with Gasteiger partial charge < -0.3 is 10.3 Å². The third kappa shape index (κ3) is 3.21. The molecule has 2 N–H and O–H groups in total.